The molecule has 0 aliphatic carbocycles. The summed E-state index contributed by atoms with van der Waals surface area (Å²) in [6.07, 6.45) is 0. The number of hydrogen-bond acceptors (Lipinski definition) is 6. The number of H-pyrrole nitrogens is 1. The van der Waals surface area contributed by atoms with E-state index >= 15 is 0 Å². The minimum Gasteiger partial charge on any atom is -0.462 e. The average molecular weight is 254 g/mol. The van der Waals surface area contributed by atoms with E-state index in [-0.39, 0.29) is 30.2 Å². The van der Waals surface area contributed by atoms with E-state index in [1.807, 2.05) is 0 Å². The molecule has 0 aromatic carbocycles. The Bertz CT molecular complexity index is 521. The molecule has 0 aliphatic rings. The summed E-state index contributed by atoms with van der Waals surface area (Å²) in [5.41, 5.74) is 4.18. The molecular weight excluding hydrogens is 240 g/mol. The van der Waals surface area contributed by atoms with Gasteiger partial charge in [0, 0.05) is 0 Å². The quantitative estimate of drug-likeness (QED) is 0.748. The lowest BCUT2D eigenvalue weighted by Gasteiger charge is -2.08. The van der Waals surface area contributed by atoms with Crippen LogP contribution in [0.4, 0.5) is 5.69 Å². The molecule has 0 aliphatic heterocycles. The van der Waals surface area contributed by atoms with Crippen molar-refractivity contribution in [1.82, 2.24) is 4.98 Å². The fourth-order valence-electron chi connectivity index (χ4n) is 1.28. The summed E-state index contributed by atoms with van der Waals surface area (Å²) in [6, 6.07) is 1.10. The van der Waals surface area contributed by atoms with E-state index in [1.165, 1.54) is 0 Å². The Morgan fingerprint density at radius 3 is 2.33 bits per heavy atom. The number of hydrogen-bond donors (Lipinski definition) is 2. The summed E-state index contributed by atoms with van der Waals surface area (Å²) in [6.45, 7) is 3.49. The van der Waals surface area contributed by atoms with Crippen molar-refractivity contribution in [3.05, 3.63) is 27.7 Å². The number of rotatable bonds is 4. The number of aromatic nitrogens is 1. The SMILES string of the molecule is CCOC(=O)c1cc(N)c(=O)[nH]c1C(=O)OCC. The first-order chi connectivity index (χ1) is 8.51. The third-order valence-electron chi connectivity index (χ3n) is 2.04. The normalized spacial score (nSPS) is 9.89. The summed E-state index contributed by atoms with van der Waals surface area (Å²) in [4.78, 5) is 36.8. The molecule has 0 bridgehead atoms. The first-order valence-corrected chi connectivity index (χ1v) is 5.38. The van der Waals surface area contributed by atoms with Crippen molar-refractivity contribution in [3.8, 4) is 0 Å². The van der Waals surface area contributed by atoms with Crippen molar-refractivity contribution in [2.45, 2.75) is 13.8 Å². The molecule has 0 unspecified atom stereocenters. The first kappa shape index (κ1) is 13.8. The molecule has 0 amide bonds. The molecule has 3 N–H and O–H groups in total. The maximum atomic E-state index is 11.6. The minimum atomic E-state index is -0.808. The van der Waals surface area contributed by atoms with E-state index in [1.54, 1.807) is 13.8 Å². The molecule has 0 saturated heterocycles. The van der Waals surface area contributed by atoms with Gasteiger partial charge in [0.25, 0.3) is 5.56 Å². The number of esters is 2. The van der Waals surface area contributed by atoms with Crippen LogP contribution < -0.4 is 11.3 Å². The predicted molar refractivity (Wildman–Crippen MR) is 63.4 cm³/mol. The first-order valence-electron chi connectivity index (χ1n) is 5.38. The van der Waals surface area contributed by atoms with Crippen LogP contribution in [-0.2, 0) is 9.47 Å². The fourth-order valence-corrected chi connectivity index (χ4v) is 1.28. The Labute approximate surface area is 103 Å². The highest BCUT2D eigenvalue weighted by Gasteiger charge is 2.21. The van der Waals surface area contributed by atoms with Crippen LogP contribution in [0.2, 0.25) is 0 Å². The van der Waals surface area contributed by atoms with Gasteiger partial charge >= 0.3 is 11.9 Å². The van der Waals surface area contributed by atoms with Gasteiger partial charge in [0.15, 0.2) is 0 Å². The van der Waals surface area contributed by atoms with Gasteiger partial charge in [-0.15, -0.1) is 0 Å². The lowest BCUT2D eigenvalue weighted by Crippen LogP contribution is -2.23. The Balaban J connectivity index is 3.29. The highest BCUT2D eigenvalue weighted by atomic mass is 16.5. The highest BCUT2D eigenvalue weighted by Crippen LogP contribution is 2.10. The number of nitrogen functional groups attached to an aromatic ring is 1. The zero-order valence-electron chi connectivity index (χ0n) is 10.1. The lowest BCUT2D eigenvalue weighted by molar-refractivity contribution is 0.0473. The molecule has 0 spiro atoms. The topological polar surface area (TPSA) is 111 Å². The number of carbonyl (C=O) groups excluding carboxylic acids is 2. The van der Waals surface area contributed by atoms with Crippen LogP contribution in [0.1, 0.15) is 34.7 Å². The standard InChI is InChI=1S/C11H14N2O5/c1-3-17-10(15)6-5-7(12)9(14)13-8(6)11(16)18-4-2/h5H,3-4,12H2,1-2H3,(H,13,14). The van der Waals surface area contributed by atoms with E-state index in [0.29, 0.717) is 0 Å². The molecule has 18 heavy (non-hydrogen) atoms. The molecule has 0 saturated carbocycles. The Hall–Kier alpha value is -2.31. The largest absolute Gasteiger partial charge is 0.462 e. The summed E-state index contributed by atoms with van der Waals surface area (Å²) < 4.78 is 9.50. The minimum absolute atomic E-state index is 0.118. The third-order valence-corrected chi connectivity index (χ3v) is 2.04. The molecule has 1 heterocycles. The number of nitrogens with one attached hydrogen (secondary N) is 1. The Kier molecular flexibility index (Phi) is 4.47. The molecule has 7 nitrogen and oxygen atoms in total. The van der Waals surface area contributed by atoms with Gasteiger partial charge in [-0.05, 0) is 19.9 Å². The van der Waals surface area contributed by atoms with Crippen molar-refractivity contribution in [2.75, 3.05) is 18.9 Å². The van der Waals surface area contributed by atoms with Gasteiger partial charge in [-0.2, -0.15) is 0 Å². The van der Waals surface area contributed by atoms with E-state index in [0.717, 1.165) is 6.07 Å². The monoisotopic (exact) mass is 254 g/mol. The second-order valence-corrected chi connectivity index (χ2v) is 3.28. The van der Waals surface area contributed by atoms with Gasteiger partial charge in [-0.25, -0.2) is 9.59 Å². The van der Waals surface area contributed by atoms with Crippen LogP contribution in [0, 0.1) is 0 Å². The average Bonchev–Trinajstić information content (AvgIpc) is 2.32. The van der Waals surface area contributed by atoms with Crippen LogP contribution >= 0.6 is 0 Å². The highest BCUT2D eigenvalue weighted by molar-refractivity contribution is 6.02. The van der Waals surface area contributed by atoms with Crippen LogP contribution in [0.5, 0.6) is 0 Å². The smallest absolute Gasteiger partial charge is 0.355 e. The van der Waals surface area contributed by atoms with Crippen molar-refractivity contribution in [1.29, 1.82) is 0 Å². The zero-order valence-corrected chi connectivity index (χ0v) is 10.1. The summed E-state index contributed by atoms with van der Waals surface area (Å²) in [5.74, 6) is -1.55. The van der Waals surface area contributed by atoms with Crippen molar-refractivity contribution < 1.29 is 19.1 Å². The van der Waals surface area contributed by atoms with Crippen LogP contribution in [0.15, 0.2) is 10.9 Å². The van der Waals surface area contributed by atoms with Crippen LogP contribution in [0.25, 0.3) is 0 Å². The van der Waals surface area contributed by atoms with Crippen LogP contribution in [-0.4, -0.2) is 30.1 Å². The van der Waals surface area contributed by atoms with Crippen molar-refractivity contribution in [2.24, 2.45) is 0 Å². The van der Waals surface area contributed by atoms with Gasteiger partial charge in [-0.1, -0.05) is 0 Å². The van der Waals surface area contributed by atoms with Gasteiger partial charge in [0.05, 0.1) is 24.5 Å². The second-order valence-electron chi connectivity index (χ2n) is 3.28. The number of carbonyl (C=O) groups is 2. The molecule has 98 valence electrons. The fraction of sp³-hybridized carbons (Fsp3) is 0.364. The molecule has 1 aromatic rings. The molecule has 1 aromatic heterocycles. The molecule has 0 radical (unpaired) electrons. The number of anilines is 1. The van der Waals surface area contributed by atoms with E-state index in [9.17, 15) is 14.4 Å². The van der Waals surface area contributed by atoms with E-state index < -0.39 is 17.5 Å². The molecular formula is C11H14N2O5. The summed E-state index contributed by atoms with van der Waals surface area (Å²) in [7, 11) is 0. The molecule has 0 fully saturated rings. The van der Waals surface area contributed by atoms with Gasteiger partial charge < -0.3 is 20.2 Å². The maximum Gasteiger partial charge on any atom is 0.355 e. The number of pyridine rings is 1. The number of aromatic amines is 1. The number of ether oxygens (including phenoxy) is 2. The van der Waals surface area contributed by atoms with Gasteiger partial charge in [-0.3, -0.25) is 4.79 Å². The summed E-state index contributed by atoms with van der Waals surface area (Å²) in [5, 5.41) is 0. The van der Waals surface area contributed by atoms with E-state index in [2.05, 4.69) is 4.98 Å². The van der Waals surface area contributed by atoms with Gasteiger partial charge in [0.2, 0.25) is 0 Å². The van der Waals surface area contributed by atoms with Crippen molar-refractivity contribution >= 4 is 17.6 Å². The third kappa shape index (κ3) is 2.88. The van der Waals surface area contributed by atoms with Crippen molar-refractivity contribution in [3.63, 3.8) is 0 Å². The van der Waals surface area contributed by atoms with Crippen LogP contribution in [0.3, 0.4) is 0 Å². The Morgan fingerprint density at radius 2 is 1.78 bits per heavy atom. The Morgan fingerprint density at radius 1 is 1.22 bits per heavy atom. The molecule has 7 heteroatoms. The molecule has 1 rings (SSSR count). The zero-order chi connectivity index (χ0) is 13.7. The van der Waals surface area contributed by atoms with Gasteiger partial charge in [0.1, 0.15) is 5.69 Å². The van der Waals surface area contributed by atoms with E-state index in [4.69, 9.17) is 15.2 Å². The predicted octanol–water partition coefficient (Wildman–Crippen LogP) is 0.310. The number of nitrogens with two attached hydrogens (primary N) is 1. The summed E-state index contributed by atoms with van der Waals surface area (Å²) >= 11 is 0. The maximum absolute atomic E-state index is 11.6. The molecule has 0 atom stereocenters. The lowest BCUT2D eigenvalue weighted by atomic mass is 10.2. The second kappa shape index (κ2) is 5.85.